The van der Waals surface area contributed by atoms with Crippen molar-refractivity contribution in [2.75, 3.05) is 31.6 Å². The van der Waals surface area contributed by atoms with E-state index in [4.69, 9.17) is 9.57 Å². The largest absolute Gasteiger partial charge is 0.382 e. The molecule has 10 nitrogen and oxygen atoms in total. The molecule has 3 aromatic rings. The van der Waals surface area contributed by atoms with Gasteiger partial charge in [0.2, 0.25) is 16.1 Å². The summed E-state index contributed by atoms with van der Waals surface area (Å²) in [6.45, 7) is 2.49. The van der Waals surface area contributed by atoms with Gasteiger partial charge in [0, 0.05) is 19.2 Å². The standard InChI is InChI=1S/C19H19F2N5O5S/c1-12(19(27)22-16-4-2-13(20)10-15(16)21)31-26-18-11-14(3-5-17(18)23-24-26)32(28,29)25-6-8-30-9-7-25/h2-5,10-12H,6-9H2,1H3,(H,22,27). The summed E-state index contributed by atoms with van der Waals surface area (Å²) in [6.07, 6.45) is -1.16. The number of hydrogen-bond acceptors (Lipinski definition) is 7. The highest BCUT2D eigenvalue weighted by Gasteiger charge is 2.27. The van der Waals surface area contributed by atoms with Crippen LogP contribution < -0.4 is 10.2 Å². The molecule has 32 heavy (non-hydrogen) atoms. The molecule has 0 aliphatic carbocycles. The van der Waals surface area contributed by atoms with Crippen molar-refractivity contribution in [3.63, 3.8) is 0 Å². The minimum absolute atomic E-state index is 0.0181. The maximum absolute atomic E-state index is 13.8. The number of hydrogen-bond donors (Lipinski definition) is 1. The maximum Gasteiger partial charge on any atom is 0.268 e. The first kappa shape index (κ1) is 22.0. The molecule has 1 aliphatic heterocycles. The number of amides is 1. The number of fused-ring (bicyclic) bond motifs is 1. The van der Waals surface area contributed by atoms with E-state index in [1.807, 2.05) is 0 Å². The molecule has 1 fully saturated rings. The molecule has 13 heteroatoms. The minimum atomic E-state index is -3.76. The number of aromatic nitrogens is 3. The second-order valence-electron chi connectivity index (χ2n) is 6.99. The Labute approximate surface area is 181 Å². The van der Waals surface area contributed by atoms with E-state index in [9.17, 15) is 22.0 Å². The fraction of sp³-hybridized carbons (Fsp3) is 0.316. The zero-order chi connectivity index (χ0) is 22.9. The van der Waals surface area contributed by atoms with Crippen molar-refractivity contribution in [1.29, 1.82) is 0 Å². The van der Waals surface area contributed by atoms with Crippen molar-refractivity contribution in [2.45, 2.75) is 17.9 Å². The van der Waals surface area contributed by atoms with Crippen LogP contribution >= 0.6 is 0 Å². The summed E-state index contributed by atoms with van der Waals surface area (Å²) in [5, 5.41) is 10.00. The van der Waals surface area contributed by atoms with Crippen LogP contribution in [0, 0.1) is 11.6 Å². The Morgan fingerprint density at radius 1 is 1.19 bits per heavy atom. The molecule has 0 bridgehead atoms. The number of anilines is 1. The number of benzene rings is 2. The predicted molar refractivity (Wildman–Crippen MR) is 108 cm³/mol. The summed E-state index contributed by atoms with van der Waals surface area (Å²) in [5.74, 6) is -2.44. The normalized spacial score (nSPS) is 16.1. The smallest absolute Gasteiger partial charge is 0.268 e. The lowest BCUT2D eigenvalue weighted by Gasteiger charge is -2.26. The van der Waals surface area contributed by atoms with Gasteiger partial charge in [-0.1, -0.05) is 4.85 Å². The summed E-state index contributed by atoms with van der Waals surface area (Å²) < 4.78 is 59.1. The van der Waals surface area contributed by atoms with Crippen molar-refractivity contribution in [1.82, 2.24) is 19.5 Å². The molecule has 2 heterocycles. The molecule has 1 aliphatic rings. The van der Waals surface area contributed by atoms with Gasteiger partial charge in [0.1, 0.15) is 22.7 Å². The van der Waals surface area contributed by atoms with E-state index in [0.717, 1.165) is 17.0 Å². The Morgan fingerprint density at radius 2 is 1.94 bits per heavy atom. The Kier molecular flexibility index (Phi) is 6.04. The van der Waals surface area contributed by atoms with E-state index in [1.54, 1.807) is 0 Å². The zero-order valence-electron chi connectivity index (χ0n) is 16.9. The van der Waals surface area contributed by atoms with E-state index in [-0.39, 0.29) is 29.2 Å². The molecular weight excluding hydrogens is 448 g/mol. The lowest BCUT2D eigenvalue weighted by molar-refractivity contribution is -0.127. The van der Waals surface area contributed by atoms with Gasteiger partial charge in [0.05, 0.1) is 23.8 Å². The predicted octanol–water partition coefficient (Wildman–Crippen LogP) is 1.19. The maximum atomic E-state index is 13.8. The Balaban J connectivity index is 1.54. The summed E-state index contributed by atoms with van der Waals surface area (Å²) >= 11 is 0. The van der Waals surface area contributed by atoms with E-state index in [2.05, 4.69) is 15.6 Å². The SMILES string of the molecule is CC(On1nnc2ccc(S(=O)(=O)N3CCOCC3)cc21)C(=O)Nc1ccc(F)cc1F. The van der Waals surface area contributed by atoms with E-state index < -0.39 is 33.7 Å². The zero-order valence-corrected chi connectivity index (χ0v) is 17.7. The van der Waals surface area contributed by atoms with Gasteiger partial charge in [-0.15, -0.1) is 5.10 Å². The number of morpholine rings is 1. The van der Waals surface area contributed by atoms with Gasteiger partial charge in [0.15, 0.2) is 0 Å². The summed E-state index contributed by atoms with van der Waals surface area (Å²) in [4.78, 5) is 18.8. The molecule has 1 amide bonds. The van der Waals surface area contributed by atoms with E-state index >= 15 is 0 Å². The third-order valence-corrected chi connectivity index (χ3v) is 6.71. The van der Waals surface area contributed by atoms with Crippen LogP contribution in [0.25, 0.3) is 11.0 Å². The summed E-state index contributed by atoms with van der Waals surface area (Å²) in [6, 6.07) is 6.98. The molecule has 4 rings (SSSR count). The lowest BCUT2D eigenvalue weighted by atomic mass is 10.2. The average molecular weight is 467 g/mol. The molecule has 1 unspecified atom stereocenters. The molecule has 0 radical (unpaired) electrons. The third-order valence-electron chi connectivity index (χ3n) is 4.81. The molecule has 1 N–H and O–H groups in total. The first-order valence-corrected chi connectivity index (χ1v) is 11.1. The van der Waals surface area contributed by atoms with Gasteiger partial charge in [-0.05, 0) is 42.5 Å². The molecule has 1 saturated heterocycles. The highest BCUT2D eigenvalue weighted by atomic mass is 32.2. The molecule has 1 aromatic heterocycles. The molecule has 0 saturated carbocycles. The van der Waals surface area contributed by atoms with Crippen LogP contribution in [-0.4, -0.2) is 66.2 Å². The van der Waals surface area contributed by atoms with Gasteiger partial charge < -0.3 is 14.9 Å². The van der Waals surface area contributed by atoms with Gasteiger partial charge >= 0.3 is 0 Å². The quantitative estimate of drug-likeness (QED) is 0.579. The third kappa shape index (κ3) is 4.40. The molecule has 0 spiro atoms. The molecule has 1 atom stereocenters. The number of ether oxygens (including phenoxy) is 1. The van der Waals surface area contributed by atoms with E-state index in [1.165, 1.54) is 29.4 Å². The Hall–Kier alpha value is -3.16. The first-order valence-electron chi connectivity index (χ1n) is 9.62. The topological polar surface area (TPSA) is 116 Å². The van der Waals surface area contributed by atoms with Crippen LogP contribution in [0.2, 0.25) is 0 Å². The Bertz CT molecular complexity index is 1260. The lowest BCUT2D eigenvalue weighted by Crippen LogP contribution is -2.40. The number of carbonyl (C=O) groups is 1. The fourth-order valence-corrected chi connectivity index (χ4v) is 4.50. The highest BCUT2D eigenvalue weighted by molar-refractivity contribution is 7.89. The first-order chi connectivity index (χ1) is 15.3. The monoisotopic (exact) mass is 467 g/mol. The molecule has 170 valence electrons. The number of sulfonamides is 1. The van der Waals surface area contributed by atoms with Gasteiger partial charge in [-0.2, -0.15) is 4.31 Å². The van der Waals surface area contributed by atoms with Crippen LogP contribution in [0.5, 0.6) is 0 Å². The van der Waals surface area contributed by atoms with Crippen LogP contribution in [0.3, 0.4) is 0 Å². The van der Waals surface area contributed by atoms with Gasteiger partial charge in [-0.3, -0.25) is 4.79 Å². The van der Waals surface area contributed by atoms with Crippen LogP contribution in [0.1, 0.15) is 6.92 Å². The van der Waals surface area contributed by atoms with E-state index in [0.29, 0.717) is 24.8 Å². The van der Waals surface area contributed by atoms with Crippen LogP contribution in [0.4, 0.5) is 14.5 Å². The van der Waals surface area contributed by atoms with Crippen molar-refractivity contribution in [3.05, 3.63) is 48.0 Å². The second-order valence-corrected chi connectivity index (χ2v) is 8.93. The number of halogens is 2. The molecular formula is C19H19F2N5O5S. The number of rotatable bonds is 6. The summed E-state index contributed by atoms with van der Waals surface area (Å²) in [5.41, 5.74) is 0.365. The highest BCUT2D eigenvalue weighted by Crippen LogP contribution is 2.21. The van der Waals surface area contributed by atoms with Crippen molar-refractivity contribution < 1.29 is 31.6 Å². The summed E-state index contributed by atoms with van der Waals surface area (Å²) in [7, 11) is -3.76. The fourth-order valence-electron chi connectivity index (χ4n) is 3.08. The average Bonchev–Trinajstić information content (AvgIpc) is 3.18. The van der Waals surface area contributed by atoms with Crippen molar-refractivity contribution in [3.8, 4) is 0 Å². The Morgan fingerprint density at radius 3 is 2.66 bits per heavy atom. The second kappa shape index (κ2) is 8.76. The van der Waals surface area contributed by atoms with Crippen LogP contribution in [0.15, 0.2) is 41.3 Å². The number of nitrogens with one attached hydrogen (secondary N) is 1. The van der Waals surface area contributed by atoms with Gasteiger partial charge in [-0.25, -0.2) is 17.2 Å². The minimum Gasteiger partial charge on any atom is -0.382 e. The van der Waals surface area contributed by atoms with Crippen molar-refractivity contribution >= 4 is 32.7 Å². The van der Waals surface area contributed by atoms with Gasteiger partial charge in [0.25, 0.3) is 5.91 Å². The van der Waals surface area contributed by atoms with Crippen molar-refractivity contribution in [2.24, 2.45) is 0 Å². The number of nitrogens with zero attached hydrogens (tertiary/aromatic N) is 4. The molecule has 2 aromatic carbocycles. The van der Waals surface area contributed by atoms with Crippen LogP contribution in [-0.2, 0) is 19.6 Å². The number of carbonyl (C=O) groups excluding carboxylic acids is 1.